The van der Waals surface area contributed by atoms with Crippen molar-refractivity contribution in [3.8, 4) is 5.75 Å². The lowest BCUT2D eigenvalue weighted by Crippen LogP contribution is -2.22. The number of phenolic OH excluding ortho intramolecular Hbond substituents is 1. The van der Waals surface area contributed by atoms with Gasteiger partial charge in [-0.25, -0.2) is 9.59 Å². The zero-order chi connectivity index (χ0) is 22.2. The third kappa shape index (κ3) is 5.85. The number of fused-ring (bicyclic) bond motifs is 1. The topological polar surface area (TPSA) is 95.9 Å². The summed E-state index contributed by atoms with van der Waals surface area (Å²) >= 11 is 0. The monoisotopic (exact) mass is 419 g/mol. The van der Waals surface area contributed by atoms with E-state index in [0.29, 0.717) is 23.9 Å². The highest BCUT2D eigenvalue weighted by Crippen LogP contribution is 2.37. The summed E-state index contributed by atoms with van der Waals surface area (Å²) in [6.07, 6.45) is 2.68. The maximum atomic E-state index is 12.6. The van der Waals surface area contributed by atoms with Crippen molar-refractivity contribution in [3.63, 3.8) is 0 Å². The number of hydrogen-bond acceptors (Lipinski definition) is 4. The Morgan fingerprint density at radius 3 is 2.39 bits per heavy atom. The van der Waals surface area contributed by atoms with Crippen molar-refractivity contribution in [3.05, 3.63) is 84.4 Å². The Labute approximate surface area is 180 Å². The number of rotatable bonds is 8. The Balaban J connectivity index is 1.88. The number of aromatic hydroxyl groups is 1. The lowest BCUT2D eigenvalue weighted by atomic mass is 9.89. The van der Waals surface area contributed by atoms with Crippen LogP contribution in [0.2, 0.25) is 0 Å². The van der Waals surface area contributed by atoms with E-state index in [2.05, 4.69) is 5.32 Å². The van der Waals surface area contributed by atoms with Crippen LogP contribution in [0, 0.1) is 5.92 Å². The second-order valence-electron chi connectivity index (χ2n) is 7.33. The van der Waals surface area contributed by atoms with Gasteiger partial charge in [0.2, 0.25) is 0 Å². The van der Waals surface area contributed by atoms with Gasteiger partial charge in [0.15, 0.2) is 0 Å². The predicted octanol–water partition coefficient (Wildman–Crippen LogP) is 5.89. The highest BCUT2D eigenvalue weighted by atomic mass is 16.6. The Bertz CT molecular complexity index is 1080. The van der Waals surface area contributed by atoms with Gasteiger partial charge in [0, 0.05) is 22.7 Å². The molecular weight excluding hydrogens is 394 g/mol. The zero-order valence-corrected chi connectivity index (χ0v) is 17.2. The lowest BCUT2D eigenvalue weighted by Gasteiger charge is -2.26. The second-order valence-corrected chi connectivity index (χ2v) is 7.33. The van der Waals surface area contributed by atoms with Gasteiger partial charge in [0.05, 0.1) is 0 Å². The molecule has 0 heterocycles. The average Bonchev–Trinajstić information content (AvgIpc) is 2.76. The van der Waals surface area contributed by atoms with Crippen molar-refractivity contribution >= 4 is 28.5 Å². The number of para-hydroxylation sites is 1. The molecule has 3 N–H and O–H groups in total. The van der Waals surface area contributed by atoms with E-state index >= 15 is 0 Å². The summed E-state index contributed by atoms with van der Waals surface area (Å²) in [6, 6.07) is 19.8. The summed E-state index contributed by atoms with van der Waals surface area (Å²) in [5, 5.41) is 23.2. The number of aliphatic carboxylic acids is 1. The fourth-order valence-corrected chi connectivity index (χ4v) is 3.52. The number of carboxylic acid groups (broad SMARTS) is 1. The van der Waals surface area contributed by atoms with E-state index in [0.717, 1.165) is 17.0 Å². The Morgan fingerprint density at radius 2 is 1.68 bits per heavy atom. The predicted molar refractivity (Wildman–Crippen MR) is 120 cm³/mol. The molecule has 1 amide bonds. The van der Waals surface area contributed by atoms with E-state index < -0.39 is 18.2 Å². The quantitative estimate of drug-likeness (QED) is 0.396. The summed E-state index contributed by atoms with van der Waals surface area (Å²) in [5.74, 6) is -0.941. The number of nitrogens with one attached hydrogen (secondary N) is 1. The molecule has 0 saturated heterocycles. The summed E-state index contributed by atoms with van der Waals surface area (Å²) in [4.78, 5) is 23.4. The standard InChI is InChI=1S/C25H25NO5/c1-17(9-5-8-14-23(28)29)24(31-25(30)26-18-10-3-2-4-11-18)21-15-16-22(27)20-13-7-6-12-19(20)21/h2-4,6-8,10-17,24,27H,5,9H2,1H3,(H,26,30)(H,28,29)/b14-8+/t17-,24+/m1/s1. The minimum Gasteiger partial charge on any atom is -0.507 e. The van der Waals surface area contributed by atoms with Gasteiger partial charge in [-0.2, -0.15) is 0 Å². The van der Waals surface area contributed by atoms with E-state index in [9.17, 15) is 14.7 Å². The van der Waals surface area contributed by atoms with E-state index in [1.54, 1.807) is 30.3 Å². The van der Waals surface area contributed by atoms with Crippen molar-refractivity contribution < 1.29 is 24.5 Å². The molecule has 0 aliphatic carbocycles. The van der Waals surface area contributed by atoms with Crippen molar-refractivity contribution in [1.29, 1.82) is 0 Å². The zero-order valence-electron chi connectivity index (χ0n) is 17.2. The van der Waals surface area contributed by atoms with E-state index in [4.69, 9.17) is 9.84 Å². The van der Waals surface area contributed by atoms with Crippen LogP contribution in [-0.4, -0.2) is 22.3 Å². The Kier molecular flexibility index (Phi) is 7.27. The molecule has 0 fully saturated rings. The molecule has 0 unspecified atom stereocenters. The normalized spacial score (nSPS) is 13.1. The van der Waals surface area contributed by atoms with Crippen LogP contribution in [0.25, 0.3) is 10.8 Å². The van der Waals surface area contributed by atoms with Crippen LogP contribution < -0.4 is 5.32 Å². The molecule has 160 valence electrons. The van der Waals surface area contributed by atoms with Gasteiger partial charge < -0.3 is 14.9 Å². The molecule has 3 aromatic carbocycles. The van der Waals surface area contributed by atoms with Crippen LogP contribution in [0.15, 0.2) is 78.9 Å². The molecule has 0 aliphatic rings. The van der Waals surface area contributed by atoms with Gasteiger partial charge >= 0.3 is 12.1 Å². The van der Waals surface area contributed by atoms with Gasteiger partial charge in [-0.1, -0.05) is 61.5 Å². The maximum absolute atomic E-state index is 12.6. The van der Waals surface area contributed by atoms with Crippen LogP contribution in [0.3, 0.4) is 0 Å². The maximum Gasteiger partial charge on any atom is 0.412 e. The number of hydrogen-bond donors (Lipinski definition) is 3. The van der Waals surface area contributed by atoms with Gasteiger partial charge in [-0.15, -0.1) is 0 Å². The SMILES string of the molecule is C[C@H](CC/C=C/C(=O)O)[C@H](OC(=O)Nc1ccccc1)c1ccc(O)c2ccccc12. The molecular formula is C25H25NO5. The van der Waals surface area contributed by atoms with Crippen molar-refractivity contribution in [2.45, 2.75) is 25.9 Å². The molecule has 3 rings (SSSR count). The first-order chi connectivity index (χ1) is 15.0. The number of phenols is 1. The summed E-state index contributed by atoms with van der Waals surface area (Å²) in [7, 11) is 0. The van der Waals surface area contributed by atoms with Crippen LogP contribution in [0.4, 0.5) is 10.5 Å². The summed E-state index contributed by atoms with van der Waals surface area (Å²) in [5.41, 5.74) is 1.41. The molecule has 31 heavy (non-hydrogen) atoms. The first-order valence-corrected chi connectivity index (χ1v) is 10.1. The molecule has 0 aliphatic heterocycles. The third-order valence-corrected chi connectivity index (χ3v) is 5.06. The minimum atomic E-state index is -0.993. The molecule has 0 radical (unpaired) electrons. The van der Waals surface area contributed by atoms with Crippen LogP contribution in [0.5, 0.6) is 5.75 Å². The lowest BCUT2D eigenvalue weighted by molar-refractivity contribution is -0.131. The molecule has 0 bridgehead atoms. The smallest absolute Gasteiger partial charge is 0.412 e. The van der Waals surface area contributed by atoms with E-state index in [1.165, 1.54) is 0 Å². The molecule has 0 saturated carbocycles. The Morgan fingerprint density at radius 1 is 1.00 bits per heavy atom. The van der Waals surface area contributed by atoms with Crippen LogP contribution in [-0.2, 0) is 9.53 Å². The summed E-state index contributed by atoms with van der Waals surface area (Å²) < 4.78 is 5.86. The Hall–Kier alpha value is -3.80. The average molecular weight is 419 g/mol. The number of carboxylic acids is 1. The van der Waals surface area contributed by atoms with E-state index in [-0.39, 0.29) is 11.7 Å². The van der Waals surface area contributed by atoms with Crippen LogP contribution in [0.1, 0.15) is 31.4 Å². The molecule has 0 aromatic heterocycles. The van der Waals surface area contributed by atoms with Crippen molar-refractivity contribution in [1.82, 2.24) is 0 Å². The number of anilines is 1. The summed E-state index contributed by atoms with van der Waals surface area (Å²) in [6.45, 7) is 1.96. The van der Waals surface area contributed by atoms with Crippen molar-refractivity contribution in [2.75, 3.05) is 5.32 Å². The molecule has 2 atom stereocenters. The molecule has 6 nitrogen and oxygen atoms in total. The number of ether oxygens (including phenoxy) is 1. The van der Waals surface area contributed by atoms with E-state index in [1.807, 2.05) is 49.4 Å². The number of carbonyl (C=O) groups is 2. The highest BCUT2D eigenvalue weighted by molar-refractivity contribution is 5.91. The fourth-order valence-electron chi connectivity index (χ4n) is 3.52. The largest absolute Gasteiger partial charge is 0.507 e. The second kappa shape index (κ2) is 10.3. The first-order valence-electron chi connectivity index (χ1n) is 10.1. The fraction of sp³-hybridized carbons (Fsp3) is 0.200. The highest BCUT2D eigenvalue weighted by Gasteiger charge is 2.25. The molecule has 3 aromatic rings. The number of carbonyl (C=O) groups excluding carboxylic acids is 1. The van der Waals surface area contributed by atoms with Gasteiger partial charge in [0.25, 0.3) is 0 Å². The molecule has 0 spiro atoms. The number of allylic oxidation sites excluding steroid dienone is 1. The third-order valence-electron chi connectivity index (χ3n) is 5.06. The number of amides is 1. The van der Waals surface area contributed by atoms with Crippen molar-refractivity contribution in [2.24, 2.45) is 5.92 Å². The minimum absolute atomic E-state index is 0.104. The number of benzene rings is 3. The molecule has 6 heteroatoms. The first kappa shape index (κ1) is 21.9. The van der Waals surface area contributed by atoms with Gasteiger partial charge in [-0.05, 0) is 42.3 Å². The van der Waals surface area contributed by atoms with Crippen LogP contribution >= 0.6 is 0 Å². The van der Waals surface area contributed by atoms with Gasteiger partial charge in [0.1, 0.15) is 11.9 Å². The van der Waals surface area contributed by atoms with Gasteiger partial charge in [-0.3, -0.25) is 5.32 Å².